The SMILES string of the molecule is CN(c1ccc(-c2ccc3cccnc3c2O)nn1)C1CC(C)(C)NC(C)(C)C1. The van der Waals surface area contributed by atoms with Gasteiger partial charge in [0.2, 0.25) is 0 Å². The molecule has 0 bridgehead atoms. The van der Waals surface area contributed by atoms with E-state index in [9.17, 15) is 5.11 Å². The van der Waals surface area contributed by atoms with Crippen LogP contribution in [0.5, 0.6) is 5.75 Å². The molecule has 0 unspecified atom stereocenters. The molecule has 152 valence electrons. The third-order valence-electron chi connectivity index (χ3n) is 5.75. The van der Waals surface area contributed by atoms with Gasteiger partial charge in [-0.15, -0.1) is 10.2 Å². The van der Waals surface area contributed by atoms with Crippen molar-refractivity contribution in [3.8, 4) is 17.0 Å². The van der Waals surface area contributed by atoms with Crippen molar-refractivity contribution >= 4 is 16.7 Å². The lowest BCUT2D eigenvalue weighted by Crippen LogP contribution is -2.62. The van der Waals surface area contributed by atoms with Crippen molar-refractivity contribution in [2.24, 2.45) is 0 Å². The van der Waals surface area contributed by atoms with Crippen LogP contribution in [0, 0.1) is 0 Å². The highest BCUT2D eigenvalue weighted by molar-refractivity contribution is 5.91. The second-order valence-corrected chi connectivity index (χ2v) is 9.38. The number of fused-ring (bicyclic) bond motifs is 1. The van der Waals surface area contributed by atoms with Crippen LogP contribution in [0.2, 0.25) is 0 Å². The average Bonchev–Trinajstić information content (AvgIpc) is 2.66. The third-order valence-corrected chi connectivity index (χ3v) is 5.75. The van der Waals surface area contributed by atoms with Crippen LogP contribution in [0.3, 0.4) is 0 Å². The van der Waals surface area contributed by atoms with E-state index in [0.717, 1.165) is 24.0 Å². The number of nitrogens with zero attached hydrogens (tertiary/aromatic N) is 4. The van der Waals surface area contributed by atoms with E-state index < -0.39 is 0 Å². The molecule has 1 aliphatic rings. The minimum atomic E-state index is 0.0674. The number of nitrogens with one attached hydrogen (secondary N) is 1. The van der Waals surface area contributed by atoms with Crippen LogP contribution < -0.4 is 10.2 Å². The molecule has 0 saturated carbocycles. The van der Waals surface area contributed by atoms with Gasteiger partial charge in [-0.2, -0.15) is 0 Å². The number of hydrogen-bond donors (Lipinski definition) is 2. The van der Waals surface area contributed by atoms with Gasteiger partial charge in [0.1, 0.15) is 5.52 Å². The first-order valence-corrected chi connectivity index (χ1v) is 10.1. The molecule has 2 N–H and O–H groups in total. The number of hydrogen-bond acceptors (Lipinski definition) is 6. The van der Waals surface area contributed by atoms with E-state index in [1.54, 1.807) is 6.20 Å². The number of pyridine rings is 1. The molecule has 3 aromatic rings. The molecule has 3 heterocycles. The molecule has 4 rings (SSSR count). The van der Waals surface area contributed by atoms with E-state index >= 15 is 0 Å². The van der Waals surface area contributed by atoms with Gasteiger partial charge < -0.3 is 15.3 Å². The molecule has 6 heteroatoms. The zero-order valence-electron chi connectivity index (χ0n) is 17.8. The summed E-state index contributed by atoms with van der Waals surface area (Å²) in [6, 6.07) is 11.9. The quantitative estimate of drug-likeness (QED) is 0.699. The zero-order chi connectivity index (χ0) is 20.8. The Morgan fingerprint density at radius 2 is 1.72 bits per heavy atom. The van der Waals surface area contributed by atoms with E-state index in [0.29, 0.717) is 22.8 Å². The second-order valence-electron chi connectivity index (χ2n) is 9.38. The topological polar surface area (TPSA) is 74.2 Å². The number of phenolic OH excluding ortho intramolecular Hbond substituents is 1. The van der Waals surface area contributed by atoms with Crippen LogP contribution in [0.1, 0.15) is 40.5 Å². The molecular weight excluding hydrogens is 362 g/mol. The summed E-state index contributed by atoms with van der Waals surface area (Å²) in [5.41, 5.74) is 1.99. The number of anilines is 1. The molecule has 1 aromatic carbocycles. The fourth-order valence-corrected chi connectivity index (χ4v) is 4.72. The maximum absolute atomic E-state index is 10.7. The molecule has 0 aliphatic carbocycles. The third kappa shape index (κ3) is 3.90. The standard InChI is InChI=1S/C23H29N5O/c1-22(2)13-16(14-23(3,4)27-22)28(5)19-11-10-18(25-26-19)17-9-8-15-7-6-12-24-20(15)21(17)29/h6-12,16,27,29H,13-14H2,1-5H3. The number of piperidine rings is 1. The summed E-state index contributed by atoms with van der Waals surface area (Å²) in [7, 11) is 2.09. The fraction of sp³-hybridized carbons (Fsp3) is 0.435. The predicted octanol–water partition coefficient (Wildman–Crippen LogP) is 4.14. The van der Waals surface area contributed by atoms with Gasteiger partial charge in [0, 0.05) is 41.3 Å². The van der Waals surface area contributed by atoms with Crippen LogP contribution >= 0.6 is 0 Å². The largest absolute Gasteiger partial charge is 0.505 e. The van der Waals surface area contributed by atoms with E-state index in [1.807, 2.05) is 36.4 Å². The van der Waals surface area contributed by atoms with Gasteiger partial charge in [-0.3, -0.25) is 4.98 Å². The van der Waals surface area contributed by atoms with Crippen molar-refractivity contribution in [2.75, 3.05) is 11.9 Å². The second kappa shape index (κ2) is 6.95. The van der Waals surface area contributed by atoms with Gasteiger partial charge in [-0.25, -0.2) is 0 Å². The van der Waals surface area contributed by atoms with Gasteiger partial charge in [0.05, 0.1) is 5.69 Å². The summed E-state index contributed by atoms with van der Waals surface area (Å²) in [6.07, 6.45) is 3.75. The van der Waals surface area contributed by atoms with Crippen molar-refractivity contribution in [3.05, 3.63) is 42.6 Å². The number of rotatable bonds is 3. The predicted molar refractivity (Wildman–Crippen MR) is 117 cm³/mol. The molecule has 0 atom stereocenters. The lowest BCUT2D eigenvalue weighted by molar-refractivity contribution is 0.160. The molecule has 29 heavy (non-hydrogen) atoms. The first-order valence-electron chi connectivity index (χ1n) is 10.1. The van der Waals surface area contributed by atoms with Crippen LogP contribution in [0.4, 0.5) is 5.82 Å². The highest BCUT2D eigenvalue weighted by atomic mass is 16.3. The summed E-state index contributed by atoms with van der Waals surface area (Å²) in [5, 5.41) is 24.2. The Morgan fingerprint density at radius 1 is 1.00 bits per heavy atom. The van der Waals surface area contributed by atoms with Gasteiger partial charge in [0.15, 0.2) is 11.6 Å². The Bertz CT molecular complexity index is 1010. The summed E-state index contributed by atoms with van der Waals surface area (Å²) in [6.45, 7) is 9.00. The summed E-state index contributed by atoms with van der Waals surface area (Å²) < 4.78 is 0. The van der Waals surface area contributed by atoms with Crippen LogP contribution in [0.25, 0.3) is 22.2 Å². The average molecular weight is 392 g/mol. The normalized spacial score (nSPS) is 18.7. The number of aromatic nitrogens is 3. The Morgan fingerprint density at radius 3 is 2.38 bits per heavy atom. The van der Waals surface area contributed by atoms with Gasteiger partial charge in [-0.1, -0.05) is 12.1 Å². The first-order chi connectivity index (χ1) is 13.7. The molecular formula is C23H29N5O. The molecule has 0 radical (unpaired) electrons. The molecule has 6 nitrogen and oxygen atoms in total. The lowest BCUT2D eigenvalue weighted by Gasteiger charge is -2.49. The Hall–Kier alpha value is -2.73. The number of benzene rings is 1. The number of aromatic hydroxyl groups is 1. The van der Waals surface area contributed by atoms with Gasteiger partial charge in [0.25, 0.3) is 0 Å². The van der Waals surface area contributed by atoms with Crippen molar-refractivity contribution in [1.29, 1.82) is 0 Å². The first kappa shape index (κ1) is 19.6. The molecule has 1 saturated heterocycles. The van der Waals surface area contributed by atoms with Crippen LogP contribution in [-0.4, -0.2) is 44.5 Å². The van der Waals surface area contributed by atoms with Crippen molar-refractivity contribution < 1.29 is 5.11 Å². The monoisotopic (exact) mass is 391 g/mol. The Balaban J connectivity index is 1.60. The van der Waals surface area contributed by atoms with Crippen molar-refractivity contribution in [2.45, 2.75) is 57.7 Å². The molecule has 2 aromatic heterocycles. The summed E-state index contributed by atoms with van der Waals surface area (Å²) in [4.78, 5) is 6.51. The Kier molecular flexibility index (Phi) is 4.69. The molecule has 0 amide bonds. The van der Waals surface area contributed by atoms with Gasteiger partial charge in [-0.05, 0) is 64.8 Å². The molecule has 0 spiro atoms. The lowest BCUT2D eigenvalue weighted by atomic mass is 9.79. The molecule has 1 fully saturated rings. The van der Waals surface area contributed by atoms with Crippen molar-refractivity contribution in [1.82, 2.24) is 20.5 Å². The van der Waals surface area contributed by atoms with E-state index in [2.05, 4.69) is 60.1 Å². The zero-order valence-corrected chi connectivity index (χ0v) is 17.8. The van der Waals surface area contributed by atoms with Gasteiger partial charge >= 0.3 is 0 Å². The maximum atomic E-state index is 10.7. The Labute approximate surface area is 172 Å². The minimum absolute atomic E-state index is 0.0674. The van der Waals surface area contributed by atoms with E-state index in [1.165, 1.54) is 0 Å². The molecule has 1 aliphatic heterocycles. The smallest absolute Gasteiger partial charge is 0.151 e. The fourth-order valence-electron chi connectivity index (χ4n) is 4.72. The van der Waals surface area contributed by atoms with E-state index in [-0.39, 0.29) is 16.8 Å². The minimum Gasteiger partial charge on any atom is -0.505 e. The van der Waals surface area contributed by atoms with Crippen molar-refractivity contribution in [3.63, 3.8) is 0 Å². The van der Waals surface area contributed by atoms with Crippen LogP contribution in [-0.2, 0) is 0 Å². The highest BCUT2D eigenvalue weighted by Gasteiger charge is 2.39. The maximum Gasteiger partial charge on any atom is 0.151 e. The highest BCUT2D eigenvalue weighted by Crippen LogP contribution is 2.35. The summed E-state index contributed by atoms with van der Waals surface area (Å²) in [5.74, 6) is 0.978. The van der Waals surface area contributed by atoms with E-state index in [4.69, 9.17) is 0 Å². The van der Waals surface area contributed by atoms with Crippen LogP contribution in [0.15, 0.2) is 42.6 Å². The summed E-state index contributed by atoms with van der Waals surface area (Å²) >= 11 is 0. The number of phenols is 1.